The number of hydrogen-bond donors (Lipinski definition) is 0. The van der Waals surface area contributed by atoms with Crippen LogP contribution in [-0.2, 0) is 11.3 Å². The first-order valence-electron chi connectivity index (χ1n) is 4.91. The van der Waals surface area contributed by atoms with Crippen molar-refractivity contribution in [1.29, 1.82) is 0 Å². The fourth-order valence-electron chi connectivity index (χ4n) is 1.62. The van der Waals surface area contributed by atoms with E-state index in [-0.39, 0.29) is 11.7 Å². The second-order valence-electron chi connectivity index (χ2n) is 3.67. The molecule has 1 saturated heterocycles. The minimum atomic E-state index is -0.0383. The molecule has 2 aromatic rings. The van der Waals surface area contributed by atoms with Gasteiger partial charge in [0.15, 0.2) is 0 Å². The molecule has 0 unspecified atom stereocenters. The van der Waals surface area contributed by atoms with Crippen LogP contribution in [0.4, 0.5) is 0 Å². The molecule has 1 aromatic heterocycles. The zero-order valence-corrected chi connectivity index (χ0v) is 8.09. The number of epoxide rings is 1. The van der Waals surface area contributed by atoms with Crippen LogP contribution in [-0.4, -0.2) is 22.5 Å². The predicted molar refractivity (Wildman–Crippen MR) is 55.7 cm³/mol. The molecule has 0 bridgehead atoms. The lowest BCUT2D eigenvalue weighted by Gasteiger charge is -2.02. The van der Waals surface area contributed by atoms with Crippen molar-refractivity contribution >= 4 is 10.8 Å². The van der Waals surface area contributed by atoms with E-state index in [1.54, 1.807) is 6.20 Å². The van der Waals surface area contributed by atoms with Gasteiger partial charge in [0.25, 0.3) is 5.56 Å². The molecule has 3 rings (SSSR count). The van der Waals surface area contributed by atoms with Crippen LogP contribution in [0.5, 0.6) is 0 Å². The van der Waals surface area contributed by atoms with Crippen LogP contribution in [0.2, 0.25) is 0 Å². The van der Waals surface area contributed by atoms with Crippen LogP contribution in [0.25, 0.3) is 10.8 Å². The summed E-state index contributed by atoms with van der Waals surface area (Å²) in [5.74, 6) is 0. The van der Waals surface area contributed by atoms with E-state index in [4.69, 9.17) is 4.74 Å². The van der Waals surface area contributed by atoms with Gasteiger partial charge in [0, 0.05) is 5.39 Å². The third-order valence-corrected chi connectivity index (χ3v) is 2.54. The molecule has 0 aliphatic carbocycles. The highest BCUT2D eigenvalue weighted by atomic mass is 16.6. The first-order chi connectivity index (χ1) is 7.34. The van der Waals surface area contributed by atoms with Gasteiger partial charge in [-0.25, -0.2) is 4.68 Å². The lowest BCUT2D eigenvalue weighted by atomic mass is 10.2. The molecular formula is C11H10N2O2. The van der Waals surface area contributed by atoms with Gasteiger partial charge in [0.2, 0.25) is 0 Å². The Kier molecular flexibility index (Phi) is 1.82. The maximum absolute atomic E-state index is 11.9. The van der Waals surface area contributed by atoms with Crippen molar-refractivity contribution < 1.29 is 4.74 Å². The third kappa shape index (κ3) is 1.53. The molecule has 1 aliphatic heterocycles. The van der Waals surface area contributed by atoms with Crippen LogP contribution in [0.3, 0.4) is 0 Å². The molecule has 1 aromatic carbocycles. The van der Waals surface area contributed by atoms with Crippen LogP contribution in [0.1, 0.15) is 0 Å². The van der Waals surface area contributed by atoms with Crippen molar-refractivity contribution in [2.75, 3.05) is 6.61 Å². The number of ether oxygens (including phenoxy) is 1. The Hall–Kier alpha value is -1.68. The summed E-state index contributed by atoms with van der Waals surface area (Å²) in [5, 5.41) is 5.71. The average Bonchev–Trinajstić information content (AvgIpc) is 3.07. The summed E-state index contributed by atoms with van der Waals surface area (Å²) < 4.78 is 6.55. The van der Waals surface area contributed by atoms with Gasteiger partial charge < -0.3 is 4.74 Å². The molecule has 0 radical (unpaired) electrons. The molecule has 1 aliphatic rings. The van der Waals surface area contributed by atoms with E-state index >= 15 is 0 Å². The Morgan fingerprint density at radius 1 is 1.47 bits per heavy atom. The van der Waals surface area contributed by atoms with Crippen LogP contribution < -0.4 is 5.56 Å². The summed E-state index contributed by atoms with van der Waals surface area (Å²) in [5.41, 5.74) is -0.0383. The molecule has 1 fully saturated rings. The maximum atomic E-state index is 11.9. The monoisotopic (exact) mass is 202 g/mol. The van der Waals surface area contributed by atoms with E-state index in [0.717, 1.165) is 12.0 Å². The molecule has 4 nitrogen and oxygen atoms in total. The average molecular weight is 202 g/mol. The molecule has 0 N–H and O–H groups in total. The minimum Gasteiger partial charge on any atom is -0.371 e. The highest BCUT2D eigenvalue weighted by Crippen LogP contribution is 2.11. The Morgan fingerprint density at radius 3 is 3.07 bits per heavy atom. The molecule has 0 saturated carbocycles. The van der Waals surface area contributed by atoms with Crippen molar-refractivity contribution in [3.8, 4) is 0 Å². The van der Waals surface area contributed by atoms with E-state index in [1.807, 2.05) is 24.3 Å². The maximum Gasteiger partial charge on any atom is 0.274 e. The van der Waals surface area contributed by atoms with Gasteiger partial charge in [-0.2, -0.15) is 5.10 Å². The lowest BCUT2D eigenvalue weighted by Crippen LogP contribution is -2.24. The van der Waals surface area contributed by atoms with Crippen molar-refractivity contribution in [3.05, 3.63) is 40.8 Å². The zero-order chi connectivity index (χ0) is 10.3. The van der Waals surface area contributed by atoms with Crippen molar-refractivity contribution in [3.63, 3.8) is 0 Å². The molecule has 0 spiro atoms. The number of benzene rings is 1. The topological polar surface area (TPSA) is 47.4 Å². The van der Waals surface area contributed by atoms with Gasteiger partial charge >= 0.3 is 0 Å². The second kappa shape index (κ2) is 3.17. The van der Waals surface area contributed by atoms with Gasteiger partial charge in [0.05, 0.1) is 24.7 Å². The zero-order valence-electron chi connectivity index (χ0n) is 8.09. The van der Waals surface area contributed by atoms with E-state index in [2.05, 4.69) is 5.10 Å². The molecule has 1 atom stereocenters. The van der Waals surface area contributed by atoms with Crippen molar-refractivity contribution in [2.24, 2.45) is 0 Å². The molecule has 2 heterocycles. The Balaban J connectivity index is 2.15. The number of aromatic nitrogens is 2. The highest BCUT2D eigenvalue weighted by molar-refractivity contribution is 5.80. The van der Waals surface area contributed by atoms with Crippen molar-refractivity contribution in [1.82, 2.24) is 9.78 Å². The smallest absolute Gasteiger partial charge is 0.274 e. The summed E-state index contributed by atoms with van der Waals surface area (Å²) in [7, 11) is 0. The standard InChI is InChI=1S/C11H10N2O2/c14-11-10-4-2-1-3-8(10)5-12-13(11)6-9-7-15-9/h1-5,9H,6-7H2/t9-/m0/s1. The third-order valence-electron chi connectivity index (χ3n) is 2.54. The van der Waals surface area contributed by atoms with Crippen LogP contribution >= 0.6 is 0 Å². The Bertz CT molecular complexity index is 558. The highest BCUT2D eigenvalue weighted by Gasteiger charge is 2.23. The van der Waals surface area contributed by atoms with E-state index in [0.29, 0.717) is 11.9 Å². The summed E-state index contributed by atoms with van der Waals surface area (Å²) in [6, 6.07) is 7.48. The second-order valence-corrected chi connectivity index (χ2v) is 3.67. The summed E-state index contributed by atoms with van der Waals surface area (Å²) >= 11 is 0. The van der Waals surface area contributed by atoms with Gasteiger partial charge in [0.1, 0.15) is 6.10 Å². The largest absolute Gasteiger partial charge is 0.371 e. The van der Waals surface area contributed by atoms with Gasteiger partial charge in [-0.05, 0) is 6.07 Å². The first-order valence-corrected chi connectivity index (χ1v) is 4.91. The number of rotatable bonds is 2. The molecule has 15 heavy (non-hydrogen) atoms. The molecule has 4 heteroatoms. The predicted octanol–water partition coefficient (Wildman–Crippen LogP) is 0.795. The van der Waals surface area contributed by atoms with Gasteiger partial charge in [-0.3, -0.25) is 4.79 Å². The Morgan fingerprint density at radius 2 is 2.27 bits per heavy atom. The summed E-state index contributed by atoms with van der Waals surface area (Å²) in [6.45, 7) is 1.30. The fourth-order valence-corrected chi connectivity index (χ4v) is 1.62. The molecule has 0 amide bonds. The quantitative estimate of drug-likeness (QED) is 0.676. The van der Waals surface area contributed by atoms with E-state index in [9.17, 15) is 4.79 Å². The summed E-state index contributed by atoms with van der Waals surface area (Å²) in [4.78, 5) is 11.9. The number of nitrogens with zero attached hydrogens (tertiary/aromatic N) is 2. The van der Waals surface area contributed by atoms with E-state index in [1.165, 1.54) is 4.68 Å². The van der Waals surface area contributed by atoms with E-state index < -0.39 is 0 Å². The fraction of sp³-hybridized carbons (Fsp3) is 0.273. The lowest BCUT2D eigenvalue weighted by molar-refractivity contribution is 0.369. The van der Waals surface area contributed by atoms with Crippen LogP contribution in [0, 0.1) is 0 Å². The minimum absolute atomic E-state index is 0.0383. The summed E-state index contributed by atoms with van der Waals surface area (Å²) in [6.07, 6.45) is 1.90. The molecular weight excluding hydrogens is 192 g/mol. The number of hydrogen-bond acceptors (Lipinski definition) is 3. The first kappa shape index (κ1) is 8.61. The normalized spacial score (nSPS) is 19.3. The molecule has 76 valence electrons. The van der Waals surface area contributed by atoms with Gasteiger partial charge in [-0.1, -0.05) is 18.2 Å². The van der Waals surface area contributed by atoms with Gasteiger partial charge in [-0.15, -0.1) is 0 Å². The number of fused-ring (bicyclic) bond motifs is 1. The Labute approximate surface area is 86.1 Å². The van der Waals surface area contributed by atoms with Crippen molar-refractivity contribution in [2.45, 2.75) is 12.6 Å². The van der Waals surface area contributed by atoms with Crippen LogP contribution in [0.15, 0.2) is 35.3 Å². The SMILES string of the molecule is O=c1c2ccccc2cnn1C[C@H]1CO1.